The van der Waals surface area contributed by atoms with Crippen LogP contribution in [0, 0.1) is 0 Å². The second-order valence-corrected chi connectivity index (χ2v) is 2.09. The maximum atomic E-state index is 10.5. The first-order chi connectivity index (χ1) is 4.20. The molecular weight excluding hydrogens is 120 g/mol. The lowest BCUT2D eigenvalue weighted by Crippen LogP contribution is -2.29. The standard InChI is InChI=1S/C6H8O3/c7-4-1-2-5(8)6(9)3-4/h1-2,5-6,8-9H,3H2/t5-,6+/m0/s1. The molecule has 3 heteroatoms. The van der Waals surface area contributed by atoms with E-state index in [1.54, 1.807) is 0 Å². The van der Waals surface area contributed by atoms with Crippen molar-refractivity contribution in [3.05, 3.63) is 12.2 Å². The Morgan fingerprint density at radius 1 is 1.56 bits per heavy atom. The number of carbonyl (C=O) groups is 1. The van der Waals surface area contributed by atoms with Gasteiger partial charge in [-0.1, -0.05) is 6.08 Å². The molecule has 0 heterocycles. The van der Waals surface area contributed by atoms with E-state index in [-0.39, 0.29) is 12.2 Å². The Bertz CT molecular complexity index is 150. The molecule has 9 heavy (non-hydrogen) atoms. The van der Waals surface area contributed by atoms with Crippen LogP contribution in [0.15, 0.2) is 12.2 Å². The van der Waals surface area contributed by atoms with Crippen LogP contribution in [0.5, 0.6) is 0 Å². The lowest BCUT2D eigenvalue weighted by molar-refractivity contribution is -0.118. The van der Waals surface area contributed by atoms with Crippen molar-refractivity contribution in [2.75, 3.05) is 0 Å². The van der Waals surface area contributed by atoms with Gasteiger partial charge >= 0.3 is 0 Å². The number of allylic oxidation sites excluding steroid dienone is 1. The van der Waals surface area contributed by atoms with Gasteiger partial charge in [0.25, 0.3) is 0 Å². The zero-order valence-corrected chi connectivity index (χ0v) is 4.82. The fourth-order valence-corrected chi connectivity index (χ4v) is 0.729. The highest BCUT2D eigenvalue weighted by Crippen LogP contribution is 2.07. The maximum Gasteiger partial charge on any atom is 0.158 e. The summed E-state index contributed by atoms with van der Waals surface area (Å²) in [7, 11) is 0. The maximum absolute atomic E-state index is 10.5. The summed E-state index contributed by atoms with van der Waals surface area (Å²) in [5, 5.41) is 17.6. The third-order valence-corrected chi connectivity index (χ3v) is 1.28. The summed E-state index contributed by atoms with van der Waals surface area (Å²) in [5.41, 5.74) is 0. The van der Waals surface area contributed by atoms with E-state index >= 15 is 0 Å². The lowest BCUT2D eigenvalue weighted by Gasteiger charge is -2.15. The van der Waals surface area contributed by atoms with Crippen molar-refractivity contribution in [3.63, 3.8) is 0 Å². The van der Waals surface area contributed by atoms with Gasteiger partial charge in [-0.25, -0.2) is 0 Å². The number of carbonyl (C=O) groups excluding carboxylic acids is 1. The molecule has 2 atom stereocenters. The highest BCUT2D eigenvalue weighted by Gasteiger charge is 2.20. The fraction of sp³-hybridized carbons (Fsp3) is 0.500. The molecule has 50 valence electrons. The second kappa shape index (κ2) is 2.29. The first-order valence-corrected chi connectivity index (χ1v) is 2.77. The van der Waals surface area contributed by atoms with Gasteiger partial charge in [-0.05, 0) is 6.08 Å². The second-order valence-electron chi connectivity index (χ2n) is 2.09. The molecule has 1 aliphatic rings. The van der Waals surface area contributed by atoms with Crippen molar-refractivity contribution in [3.8, 4) is 0 Å². The van der Waals surface area contributed by atoms with E-state index in [0.717, 1.165) is 0 Å². The van der Waals surface area contributed by atoms with Gasteiger partial charge in [0, 0.05) is 6.42 Å². The Morgan fingerprint density at radius 2 is 2.22 bits per heavy atom. The van der Waals surface area contributed by atoms with E-state index < -0.39 is 12.2 Å². The Labute approximate surface area is 52.6 Å². The molecule has 0 bridgehead atoms. The molecule has 0 aromatic heterocycles. The van der Waals surface area contributed by atoms with Crippen LogP contribution in [0.3, 0.4) is 0 Å². The summed E-state index contributed by atoms with van der Waals surface area (Å²) in [6, 6.07) is 0. The number of ketones is 1. The Hall–Kier alpha value is -0.670. The van der Waals surface area contributed by atoms with Gasteiger partial charge in [-0.2, -0.15) is 0 Å². The van der Waals surface area contributed by atoms with Crippen LogP contribution < -0.4 is 0 Å². The van der Waals surface area contributed by atoms with E-state index in [1.165, 1.54) is 12.2 Å². The molecule has 0 spiro atoms. The normalized spacial score (nSPS) is 35.1. The van der Waals surface area contributed by atoms with Crippen LogP contribution in [0.2, 0.25) is 0 Å². The molecule has 0 aromatic carbocycles. The number of aliphatic hydroxyl groups excluding tert-OH is 2. The number of rotatable bonds is 0. The Balaban J connectivity index is 2.65. The summed E-state index contributed by atoms with van der Waals surface area (Å²) in [4.78, 5) is 10.5. The molecule has 0 radical (unpaired) electrons. The molecule has 0 saturated carbocycles. The van der Waals surface area contributed by atoms with Gasteiger partial charge in [0.15, 0.2) is 5.78 Å². The van der Waals surface area contributed by atoms with Crippen molar-refractivity contribution >= 4 is 5.78 Å². The van der Waals surface area contributed by atoms with Crippen LogP contribution in [0.4, 0.5) is 0 Å². The lowest BCUT2D eigenvalue weighted by atomic mass is 10.0. The van der Waals surface area contributed by atoms with Crippen LogP contribution in [-0.4, -0.2) is 28.2 Å². The van der Waals surface area contributed by atoms with E-state index in [4.69, 9.17) is 10.2 Å². The molecule has 0 aliphatic heterocycles. The smallest absolute Gasteiger partial charge is 0.158 e. The Morgan fingerprint density at radius 3 is 2.67 bits per heavy atom. The summed E-state index contributed by atoms with van der Waals surface area (Å²) >= 11 is 0. The van der Waals surface area contributed by atoms with Gasteiger partial charge < -0.3 is 10.2 Å². The van der Waals surface area contributed by atoms with E-state index in [0.29, 0.717) is 0 Å². The SMILES string of the molecule is O=C1C=C[C@H](O)[C@H](O)C1. The monoisotopic (exact) mass is 128 g/mol. The summed E-state index contributed by atoms with van der Waals surface area (Å²) in [6.45, 7) is 0. The van der Waals surface area contributed by atoms with Crippen molar-refractivity contribution < 1.29 is 15.0 Å². The number of aliphatic hydroxyl groups is 2. The molecule has 1 rings (SSSR count). The minimum atomic E-state index is -0.900. The predicted octanol–water partition coefficient (Wildman–Crippen LogP) is -0.763. The van der Waals surface area contributed by atoms with Crippen molar-refractivity contribution in [2.45, 2.75) is 18.6 Å². The van der Waals surface area contributed by atoms with E-state index in [9.17, 15) is 4.79 Å². The first kappa shape index (κ1) is 6.45. The van der Waals surface area contributed by atoms with Crippen molar-refractivity contribution in [2.24, 2.45) is 0 Å². The minimum absolute atomic E-state index is 0.0394. The van der Waals surface area contributed by atoms with Crippen LogP contribution in [0.25, 0.3) is 0 Å². The average Bonchev–Trinajstić information content (AvgIpc) is 1.80. The first-order valence-electron chi connectivity index (χ1n) is 2.77. The van der Waals surface area contributed by atoms with Crippen molar-refractivity contribution in [1.82, 2.24) is 0 Å². The largest absolute Gasteiger partial charge is 0.390 e. The topological polar surface area (TPSA) is 57.5 Å². The van der Waals surface area contributed by atoms with Gasteiger partial charge in [-0.15, -0.1) is 0 Å². The highest BCUT2D eigenvalue weighted by atomic mass is 16.3. The molecule has 0 amide bonds. The molecule has 0 aromatic rings. The summed E-state index contributed by atoms with van der Waals surface area (Å²) in [5.74, 6) is -0.132. The minimum Gasteiger partial charge on any atom is -0.390 e. The van der Waals surface area contributed by atoms with Crippen LogP contribution >= 0.6 is 0 Å². The molecule has 0 saturated heterocycles. The molecule has 3 nitrogen and oxygen atoms in total. The molecule has 2 N–H and O–H groups in total. The van der Waals surface area contributed by atoms with Gasteiger partial charge in [0.2, 0.25) is 0 Å². The van der Waals surface area contributed by atoms with Gasteiger partial charge in [0.05, 0.1) is 12.2 Å². The summed E-state index contributed by atoms with van der Waals surface area (Å²) < 4.78 is 0. The van der Waals surface area contributed by atoms with E-state index in [1.807, 2.05) is 0 Å². The van der Waals surface area contributed by atoms with Crippen LogP contribution in [-0.2, 0) is 4.79 Å². The molecule has 0 unspecified atom stereocenters. The average molecular weight is 128 g/mol. The van der Waals surface area contributed by atoms with Gasteiger partial charge in [0.1, 0.15) is 0 Å². The molecule has 0 fully saturated rings. The van der Waals surface area contributed by atoms with Crippen LogP contribution in [0.1, 0.15) is 6.42 Å². The zero-order chi connectivity index (χ0) is 6.85. The predicted molar refractivity (Wildman–Crippen MR) is 30.8 cm³/mol. The number of hydrogen-bond acceptors (Lipinski definition) is 3. The van der Waals surface area contributed by atoms with Gasteiger partial charge in [-0.3, -0.25) is 4.79 Å². The number of hydrogen-bond donors (Lipinski definition) is 2. The third kappa shape index (κ3) is 1.37. The Kier molecular flexibility index (Phi) is 1.64. The highest BCUT2D eigenvalue weighted by molar-refractivity contribution is 5.91. The fourth-order valence-electron chi connectivity index (χ4n) is 0.729. The molecular formula is C6H8O3. The van der Waals surface area contributed by atoms with E-state index in [2.05, 4.69) is 0 Å². The zero-order valence-electron chi connectivity index (χ0n) is 4.82. The third-order valence-electron chi connectivity index (χ3n) is 1.28. The summed E-state index contributed by atoms with van der Waals surface area (Å²) in [6.07, 6.45) is 0.871. The quantitative estimate of drug-likeness (QED) is 0.450. The molecule has 1 aliphatic carbocycles. The van der Waals surface area contributed by atoms with Crippen molar-refractivity contribution in [1.29, 1.82) is 0 Å².